The van der Waals surface area contributed by atoms with E-state index >= 15 is 0 Å². The highest BCUT2D eigenvalue weighted by atomic mass is 16.2. The fraction of sp³-hybridized carbons (Fsp3) is 0.462. The van der Waals surface area contributed by atoms with Gasteiger partial charge >= 0.3 is 0 Å². The first kappa shape index (κ1) is 11.9. The largest absolute Gasteiger partial charge is 0.341 e. The molecule has 92 valence electrons. The standard InChI is InChI=1S/C13H19N3O/c1-9-3-6-12(15-14)11(7-9)13(17)16(2)8-10-4-5-10/h3,6-7,10,15H,4-5,8,14H2,1-2H3. The maximum Gasteiger partial charge on any atom is 0.255 e. The number of nitrogens with one attached hydrogen (secondary N) is 1. The van der Waals surface area contributed by atoms with Crippen LogP contribution in [0, 0.1) is 12.8 Å². The molecule has 0 aromatic heterocycles. The second-order valence-electron chi connectivity index (χ2n) is 4.82. The Labute approximate surface area is 102 Å². The Bertz CT molecular complexity index is 427. The molecule has 1 aliphatic carbocycles. The van der Waals surface area contributed by atoms with Crippen LogP contribution in [0.25, 0.3) is 0 Å². The summed E-state index contributed by atoms with van der Waals surface area (Å²) in [5.74, 6) is 6.16. The predicted octanol–water partition coefficient (Wildman–Crippen LogP) is 1.76. The number of nitrogens with zero attached hydrogens (tertiary/aromatic N) is 1. The lowest BCUT2D eigenvalue weighted by atomic mass is 10.1. The van der Waals surface area contributed by atoms with Crippen LogP contribution in [0.2, 0.25) is 0 Å². The molecule has 0 heterocycles. The number of hydrogen-bond donors (Lipinski definition) is 2. The SMILES string of the molecule is Cc1ccc(NN)c(C(=O)N(C)CC2CC2)c1. The molecule has 3 N–H and O–H groups in total. The first-order valence-corrected chi connectivity index (χ1v) is 5.94. The summed E-state index contributed by atoms with van der Waals surface area (Å²) in [4.78, 5) is 14.1. The molecule has 1 aliphatic rings. The van der Waals surface area contributed by atoms with Crippen molar-refractivity contribution in [1.82, 2.24) is 4.90 Å². The fourth-order valence-electron chi connectivity index (χ4n) is 1.94. The molecular weight excluding hydrogens is 214 g/mol. The van der Waals surface area contributed by atoms with Crippen LogP contribution in [0.4, 0.5) is 5.69 Å². The Balaban J connectivity index is 2.18. The molecule has 1 fully saturated rings. The average molecular weight is 233 g/mol. The number of benzene rings is 1. The number of hydrazine groups is 1. The highest BCUT2D eigenvalue weighted by Gasteiger charge is 2.26. The highest BCUT2D eigenvalue weighted by molar-refractivity contribution is 5.99. The van der Waals surface area contributed by atoms with Crippen molar-refractivity contribution in [3.8, 4) is 0 Å². The quantitative estimate of drug-likeness (QED) is 0.615. The minimum atomic E-state index is 0.0357. The fourth-order valence-corrected chi connectivity index (χ4v) is 1.94. The topological polar surface area (TPSA) is 58.4 Å². The Morgan fingerprint density at radius 1 is 1.53 bits per heavy atom. The summed E-state index contributed by atoms with van der Waals surface area (Å²) >= 11 is 0. The molecule has 0 saturated heterocycles. The molecule has 1 amide bonds. The van der Waals surface area contributed by atoms with Crippen LogP contribution in [-0.2, 0) is 0 Å². The third-order valence-electron chi connectivity index (χ3n) is 3.14. The lowest BCUT2D eigenvalue weighted by Gasteiger charge is -2.19. The number of carbonyl (C=O) groups excluding carboxylic acids is 1. The zero-order valence-electron chi connectivity index (χ0n) is 10.4. The molecule has 0 atom stereocenters. The minimum Gasteiger partial charge on any atom is -0.341 e. The molecule has 1 aromatic rings. The van der Waals surface area contributed by atoms with Crippen molar-refractivity contribution in [2.45, 2.75) is 19.8 Å². The molecule has 0 spiro atoms. The Morgan fingerprint density at radius 3 is 2.82 bits per heavy atom. The molecule has 2 rings (SSSR count). The smallest absolute Gasteiger partial charge is 0.255 e. The molecule has 4 heteroatoms. The third-order valence-corrected chi connectivity index (χ3v) is 3.14. The molecule has 0 aliphatic heterocycles. The van der Waals surface area contributed by atoms with Crippen molar-refractivity contribution in [2.24, 2.45) is 11.8 Å². The van der Waals surface area contributed by atoms with Gasteiger partial charge in [-0.25, -0.2) is 0 Å². The number of rotatable bonds is 4. The highest BCUT2D eigenvalue weighted by Crippen LogP contribution is 2.30. The van der Waals surface area contributed by atoms with Crippen molar-refractivity contribution >= 4 is 11.6 Å². The van der Waals surface area contributed by atoms with Crippen molar-refractivity contribution < 1.29 is 4.79 Å². The van der Waals surface area contributed by atoms with Gasteiger partial charge in [-0.2, -0.15) is 0 Å². The van der Waals surface area contributed by atoms with Crippen LogP contribution in [0.3, 0.4) is 0 Å². The first-order chi connectivity index (χ1) is 8.11. The lowest BCUT2D eigenvalue weighted by Crippen LogP contribution is -2.29. The van der Waals surface area contributed by atoms with Gasteiger partial charge in [0.15, 0.2) is 0 Å². The van der Waals surface area contributed by atoms with E-state index in [4.69, 9.17) is 5.84 Å². The van der Waals surface area contributed by atoms with Crippen LogP contribution in [-0.4, -0.2) is 24.4 Å². The molecule has 0 bridgehead atoms. The number of aryl methyl sites for hydroxylation is 1. The number of hydrogen-bond acceptors (Lipinski definition) is 3. The zero-order valence-corrected chi connectivity index (χ0v) is 10.4. The Kier molecular flexibility index (Phi) is 3.33. The van der Waals surface area contributed by atoms with E-state index < -0.39 is 0 Å². The van der Waals surface area contributed by atoms with Gasteiger partial charge in [0.2, 0.25) is 0 Å². The van der Waals surface area contributed by atoms with E-state index in [1.165, 1.54) is 12.8 Å². The van der Waals surface area contributed by atoms with Gasteiger partial charge in [0.1, 0.15) is 0 Å². The van der Waals surface area contributed by atoms with E-state index in [0.717, 1.165) is 12.1 Å². The monoisotopic (exact) mass is 233 g/mol. The summed E-state index contributed by atoms with van der Waals surface area (Å²) in [7, 11) is 1.85. The van der Waals surface area contributed by atoms with Crippen LogP contribution < -0.4 is 11.3 Å². The number of carbonyl (C=O) groups is 1. The molecule has 17 heavy (non-hydrogen) atoms. The molecule has 0 radical (unpaired) electrons. The molecule has 1 aromatic carbocycles. The second-order valence-corrected chi connectivity index (χ2v) is 4.82. The second kappa shape index (κ2) is 4.75. The lowest BCUT2D eigenvalue weighted by molar-refractivity contribution is 0.0789. The summed E-state index contributed by atoms with van der Waals surface area (Å²) in [6.45, 7) is 2.81. The Morgan fingerprint density at radius 2 is 2.24 bits per heavy atom. The van der Waals surface area contributed by atoms with E-state index in [9.17, 15) is 4.79 Å². The first-order valence-electron chi connectivity index (χ1n) is 5.94. The zero-order chi connectivity index (χ0) is 12.4. The van der Waals surface area contributed by atoms with Crippen molar-refractivity contribution in [1.29, 1.82) is 0 Å². The van der Waals surface area contributed by atoms with E-state index in [1.807, 2.05) is 32.2 Å². The average Bonchev–Trinajstić information content (AvgIpc) is 3.11. The Hall–Kier alpha value is -1.55. The molecule has 1 saturated carbocycles. The van der Waals surface area contributed by atoms with Crippen LogP contribution in [0.1, 0.15) is 28.8 Å². The summed E-state index contributed by atoms with van der Waals surface area (Å²) < 4.78 is 0. The molecule has 4 nitrogen and oxygen atoms in total. The molecule has 0 unspecified atom stereocenters. The van der Waals surface area contributed by atoms with Gasteiger partial charge in [0.25, 0.3) is 5.91 Å². The number of nitrogens with two attached hydrogens (primary N) is 1. The van der Waals surface area contributed by atoms with Gasteiger partial charge in [-0.1, -0.05) is 11.6 Å². The van der Waals surface area contributed by atoms with Crippen LogP contribution in [0.15, 0.2) is 18.2 Å². The van der Waals surface area contributed by atoms with Gasteiger partial charge < -0.3 is 10.3 Å². The van der Waals surface area contributed by atoms with Gasteiger partial charge in [0, 0.05) is 13.6 Å². The van der Waals surface area contributed by atoms with Crippen molar-refractivity contribution in [3.05, 3.63) is 29.3 Å². The number of anilines is 1. The molecular formula is C13H19N3O. The van der Waals surface area contributed by atoms with Gasteiger partial charge in [0.05, 0.1) is 11.3 Å². The van der Waals surface area contributed by atoms with Crippen LogP contribution in [0.5, 0.6) is 0 Å². The summed E-state index contributed by atoms with van der Waals surface area (Å²) in [6.07, 6.45) is 2.49. The van der Waals surface area contributed by atoms with Crippen LogP contribution >= 0.6 is 0 Å². The van der Waals surface area contributed by atoms with Crippen molar-refractivity contribution in [2.75, 3.05) is 19.0 Å². The van der Waals surface area contributed by atoms with E-state index in [-0.39, 0.29) is 5.91 Å². The normalized spacial score (nSPS) is 14.5. The van der Waals surface area contributed by atoms with Gasteiger partial charge in [-0.3, -0.25) is 10.6 Å². The van der Waals surface area contributed by atoms with Gasteiger partial charge in [-0.15, -0.1) is 0 Å². The summed E-state index contributed by atoms with van der Waals surface area (Å²) in [5, 5.41) is 0. The maximum absolute atomic E-state index is 12.3. The number of amides is 1. The minimum absolute atomic E-state index is 0.0357. The van der Waals surface area contributed by atoms with E-state index in [2.05, 4.69) is 5.43 Å². The summed E-state index contributed by atoms with van der Waals surface area (Å²) in [6, 6.07) is 5.65. The maximum atomic E-state index is 12.3. The van der Waals surface area contributed by atoms with Crippen molar-refractivity contribution in [3.63, 3.8) is 0 Å². The van der Waals surface area contributed by atoms with Gasteiger partial charge in [-0.05, 0) is 37.8 Å². The summed E-state index contributed by atoms with van der Waals surface area (Å²) in [5.41, 5.74) is 4.97. The van der Waals surface area contributed by atoms with E-state index in [1.54, 1.807) is 4.90 Å². The third kappa shape index (κ3) is 2.77. The number of nitrogen functional groups attached to an aromatic ring is 1. The predicted molar refractivity (Wildman–Crippen MR) is 68.7 cm³/mol. The van der Waals surface area contributed by atoms with E-state index in [0.29, 0.717) is 17.2 Å².